The number of carbonyl (C=O) groups is 1. The van der Waals surface area contributed by atoms with Crippen LogP contribution in [-0.4, -0.2) is 59.2 Å². The summed E-state index contributed by atoms with van der Waals surface area (Å²) < 4.78 is 0. The Hall–Kier alpha value is -2.41. The van der Waals surface area contributed by atoms with Crippen molar-refractivity contribution < 1.29 is 4.79 Å². The van der Waals surface area contributed by atoms with Gasteiger partial charge in [-0.05, 0) is 31.3 Å². The number of hydrogen-bond acceptors (Lipinski definition) is 5. The zero-order chi connectivity index (χ0) is 14.7. The van der Waals surface area contributed by atoms with E-state index in [0.717, 1.165) is 31.9 Å². The number of aromatic amines is 1. The van der Waals surface area contributed by atoms with Gasteiger partial charge in [-0.3, -0.25) is 9.89 Å². The average Bonchev–Trinajstić information content (AvgIpc) is 3.03. The Bertz CT molecular complexity index is 586. The molecule has 7 nitrogen and oxygen atoms in total. The largest absolute Gasteiger partial charge is 0.369 e. The topological polar surface area (TPSA) is 77.2 Å². The summed E-state index contributed by atoms with van der Waals surface area (Å²) in [7, 11) is 2.14. The molecule has 1 aliphatic heterocycles. The van der Waals surface area contributed by atoms with Crippen LogP contribution in [0.3, 0.4) is 0 Å². The van der Waals surface area contributed by atoms with Crippen LogP contribution in [0, 0.1) is 0 Å². The van der Waals surface area contributed by atoms with Crippen LogP contribution >= 0.6 is 0 Å². The number of hydrogen-bond donors (Lipinski definition) is 2. The number of nitrogens with one attached hydrogen (secondary N) is 2. The van der Waals surface area contributed by atoms with Gasteiger partial charge in [0.15, 0.2) is 0 Å². The van der Waals surface area contributed by atoms with E-state index in [1.165, 1.54) is 12.0 Å². The van der Waals surface area contributed by atoms with E-state index in [2.05, 4.69) is 37.3 Å². The molecule has 0 spiro atoms. The van der Waals surface area contributed by atoms with Crippen LogP contribution in [0.5, 0.6) is 0 Å². The zero-order valence-electron chi connectivity index (χ0n) is 11.9. The Morgan fingerprint density at radius 2 is 1.90 bits per heavy atom. The Kier molecular flexibility index (Phi) is 3.83. The minimum absolute atomic E-state index is 0.207. The highest BCUT2D eigenvalue weighted by Crippen LogP contribution is 2.19. The molecule has 2 N–H and O–H groups in total. The van der Waals surface area contributed by atoms with Gasteiger partial charge in [-0.15, -0.1) is 0 Å². The number of piperazine rings is 1. The van der Waals surface area contributed by atoms with Crippen molar-refractivity contribution in [1.29, 1.82) is 0 Å². The lowest BCUT2D eigenvalue weighted by molar-refractivity contribution is 0.101. The SMILES string of the molecule is CN1CCN(c2ccc(NC(=O)c3ncn[nH]3)cc2)CC1. The third-order valence-electron chi connectivity index (χ3n) is 3.62. The molecule has 2 aromatic rings. The number of amides is 1. The van der Waals surface area contributed by atoms with Crippen molar-refractivity contribution >= 4 is 17.3 Å². The minimum Gasteiger partial charge on any atom is -0.369 e. The fourth-order valence-corrected chi connectivity index (χ4v) is 2.33. The summed E-state index contributed by atoms with van der Waals surface area (Å²) in [5.74, 6) is -0.0852. The molecule has 110 valence electrons. The fraction of sp³-hybridized carbons (Fsp3) is 0.357. The van der Waals surface area contributed by atoms with E-state index in [-0.39, 0.29) is 11.7 Å². The summed E-state index contributed by atoms with van der Waals surface area (Å²) in [5.41, 5.74) is 1.93. The van der Waals surface area contributed by atoms with E-state index < -0.39 is 0 Å². The maximum atomic E-state index is 11.8. The van der Waals surface area contributed by atoms with Crippen molar-refractivity contribution in [1.82, 2.24) is 20.1 Å². The number of nitrogens with zero attached hydrogens (tertiary/aromatic N) is 4. The van der Waals surface area contributed by atoms with Crippen LogP contribution in [0.15, 0.2) is 30.6 Å². The van der Waals surface area contributed by atoms with Crippen LogP contribution in [-0.2, 0) is 0 Å². The third-order valence-corrected chi connectivity index (χ3v) is 3.62. The van der Waals surface area contributed by atoms with Crippen LogP contribution < -0.4 is 10.2 Å². The standard InChI is InChI=1S/C14H18N6O/c1-19-6-8-20(9-7-19)12-4-2-11(3-5-12)17-14(21)13-15-10-16-18-13/h2-5,10H,6-9H2,1H3,(H,17,21)(H,15,16,18). The first-order chi connectivity index (χ1) is 10.2. The molecular formula is C14H18N6O. The maximum absolute atomic E-state index is 11.8. The molecule has 0 aliphatic carbocycles. The number of carbonyl (C=O) groups excluding carboxylic acids is 1. The van der Waals surface area contributed by atoms with Crippen molar-refractivity contribution in [2.75, 3.05) is 43.4 Å². The molecule has 1 amide bonds. The van der Waals surface area contributed by atoms with Crippen molar-refractivity contribution in [3.8, 4) is 0 Å². The summed E-state index contributed by atoms with van der Waals surface area (Å²) in [6.45, 7) is 4.20. The number of benzene rings is 1. The average molecular weight is 286 g/mol. The molecule has 0 saturated carbocycles. The molecule has 1 saturated heterocycles. The monoisotopic (exact) mass is 286 g/mol. The van der Waals surface area contributed by atoms with Gasteiger partial charge in [0.25, 0.3) is 5.91 Å². The summed E-state index contributed by atoms with van der Waals surface area (Å²) in [6, 6.07) is 7.87. The van der Waals surface area contributed by atoms with Gasteiger partial charge in [-0.25, -0.2) is 4.98 Å². The van der Waals surface area contributed by atoms with Gasteiger partial charge >= 0.3 is 0 Å². The Balaban J connectivity index is 1.63. The van der Waals surface area contributed by atoms with Gasteiger partial charge in [0, 0.05) is 37.6 Å². The van der Waals surface area contributed by atoms with E-state index in [1.807, 2.05) is 24.3 Å². The van der Waals surface area contributed by atoms with Gasteiger partial charge < -0.3 is 15.1 Å². The normalized spacial score (nSPS) is 16.0. The van der Waals surface area contributed by atoms with Crippen molar-refractivity contribution in [2.45, 2.75) is 0 Å². The smallest absolute Gasteiger partial charge is 0.292 e. The first-order valence-electron chi connectivity index (χ1n) is 6.92. The molecule has 1 aromatic heterocycles. The fourth-order valence-electron chi connectivity index (χ4n) is 2.33. The van der Waals surface area contributed by atoms with Crippen LogP contribution in [0.25, 0.3) is 0 Å². The quantitative estimate of drug-likeness (QED) is 0.873. The predicted octanol–water partition coefficient (Wildman–Crippen LogP) is 0.809. The number of likely N-dealkylation sites (N-methyl/N-ethyl adjacent to an activating group) is 1. The molecule has 2 heterocycles. The molecule has 0 bridgehead atoms. The number of H-pyrrole nitrogens is 1. The lowest BCUT2D eigenvalue weighted by Gasteiger charge is -2.34. The second kappa shape index (κ2) is 5.92. The molecule has 1 aromatic carbocycles. The third kappa shape index (κ3) is 3.19. The van der Waals surface area contributed by atoms with Gasteiger partial charge in [-0.1, -0.05) is 0 Å². The molecule has 0 unspecified atom stereocenters. The molecule has 3 rings (SSSR count). The molecule has 21 heavy (non-hydrogen) atoms. The zero-order valence-corrected chi connectivity index (χ0v) is 11.9. The number of aromatic nitrogens is 3. The van der Waals surface area contributed by atoms with Crippen molar-refractivity contribution in [2.24, 2.45) is 0 Å². The Morgan fingerprint density at radius 1 is 1.19 bits per heavy atom. The van der Waals surface area contributed by atoms with Crippen molar-refractivity contribution in [3.05, 3.63) is 36.4 Å². The molecule has 0 radical (unpaired) electrons. The molecule has 7 heteroatoms. The summed E-state index contributed by atoms with van der Waals surface area (Å²) in [4.78, 5) is 20.3. The molecular weight excluding hydrogens is 268 g/mol. The first kappa shape index (κ1) is 13.6. The van der Waals surface area contributed by atoms with Gasteiger partial charge in [0.2, 0.25) is 5.82 Å². The van der Waals surface area contributed by atoms with Crippen LogP contribution in [0.4, 0.5) is 11.4 Å². The first-order valence-corrected chi connectivity index (χ1v) is 6.92. The Labute approximate surface area is 123 Å². The highest BCUT2D eigenvalue weighted by Gasteiger charge is 2.14. The van der Waals surface area contributed by atoms with E-state index in [4.69, 9.17) is 0 Å². The van der Waals surface area contributed by atoms with Crippen LogP contribution in [0.2, 0.25) is 0 Å². The Morgan fingerprint density at radius 3 is 2.52 bits per heavy atom. The lowest BCUT2D eigenvalue weighted by atomic mass is 10.2. The van der Waals surface area contributed by atoms with E-state index in [0.29, 0.717) is 0 Å². The molecule has 0 atom stereocenters. The highest BCUT2D eigenvalue weighted by molar-refractivity contribution is 6.01. The van der Waals surface area contributed by atoms with E-state index >= 15 is 0 Å². The van der Waals surface area contributed by atoms with Gasteiger partial charge in [0.1, 0.15) is 6.33 Å². The lowest BCUT2D eigenvalue weighted by Crippen LogP contribution is -2.44. The molecule has 1 aliphatic rings. The number of rotatable bonds is 3. The van der Waals surface area contributed by atoms with E-state index in [9.17, 15) is 4.79 Å². The summed E-state index contributed by atoms with van der Waals surface area (Å²) in [5, 5.41) is 8.98. The van der Waals surface area contributed by atoms with E-state index in [1.54, 1.807) is 0 Å². The van der Waals surface area contributed by atoms with Gasteiger partial charge in [-0.2, -0.15) is 5.10 Å². The number of anilines is 2. The predicted molar refractivity (Wildman–Crippen MR) is 80.5 cm³/mol. The maximum Gasteiger partial charge on any atom is 0.292 e. The second-order valence-electron chi connectivity index (χ2n) is 5.13. The van der Waals surface area contributed by atoms with Crippen LogP contribution in [0.1, 0.15) is 10.6 Å². The van der Waals surface area contributed by atoms with Gasteiger partial charge in [0.05, 0.1) is 0 Å². The highest BCUT2D eigenvalue weighted by atomic mass is 16.2. The minimum atomic E-state index is -0.292. The summed E-state index contributed by atoms with van der Waals surface area (Å²) in [6.07, 6.45) is 1.31. The second-order valence-corrected chi connectivity index (χ2v) is 5.13. The van der Waals surface area contributed by atoms with Crippen molar-refractivity contribution in [3.63, 3.8) is 0 Å². The summed E-state index contributed by atoms with van der Waals surface area (Å²) >= 11 is 0. The molecule has 1 fully saturated rings.